The standard InChI is InChI=1S/C43H72NO10P/c1-5-7-21-27-38(45)28-22-17-13-11-9-8-10-12-14-19-24-30-42(46)50-34-39(35-52-55(48,49)51-33-32-44)53-43(47)31-25-20-16-15-18-23-29-41-37(4)36(3)40(54-41)26-6-2/h8-9,12-14,17,22,28,38-39,45H,5-7,10-11,15-16,18-21,23-27,29-35,44H2,1-4H3,(H,48,49)/b9-8-,14-12-,17-13-,28-22+/t38-,39-/m1/s1. The van der Waals surface area contributed by atoms with E-state index in [-0.39, 0.29) is 38.7 Å². The lowest BCUT2D eigenvalue weighted by Gasteiger charge is -2.19. The van der Waals surface area contributed by atoms with Crippen LogP contribution >= 0.6 is 7.82 Å². The van der Waals surface area contributed by atoms with Crippen molar-refractivity contribution in [2.75, 3.05) is 26.4 Å². The zero-order valence-electron chi connectivity index (χ0n) is 34.2. The van der Waals surface area contributed by atoms with Crippen molar-refractivity contribution in [1.29, 1.82) is 0 Å². The zero-order chi connectivity index (χ0) is 40.6. The number of furan rings is 1. The predicted octanol–water partition coefficient (Wildman–Crippen LogP) is 9.79. The molecule has 55 heavy (non-hydrogen) atoms. The van der Waals surface area contributed by atoms with Crippen molar-refractivity contribution < 1.29 is 47.1 Å². The van der Waals surface area contributed by atoms with Crippen molar-refractivity contribution in [2.45, 2.75) is 162 Å². The summed E-state index contributed by atoms with van der Waals surface area (Å²) < 4.78 is 38.8. The molecular weight excluding hydrogens is 721 g/mol. The van der Waals surface area contributed by atoms with Gasteiger partial charge in [-0.15, -0.1) is 0 Å². The monoisotopic (exact) mass is 793 g/mol. The first kappa shape index (κ1) is 50.2. The van der Waals surface area contributed by atoms with Crippen LogP contribution in [0.2, 0.25) is 0 Å². The van der Waals surface area contributed by atoms with Gasteiger partial charge in [0.15, 0.2) is 6.10 Å². The van der Waals surface area contributed by atoms with Crippen molar-refractivity contribution >= 4 is 19.8 Å². The van der Waals surface area contributed by atoms with Gasteiger partial charge >= 0.3 is 19.8 Å². The fourth-order valence-corrected chi connectivity index (χ4v) is 6.43. The second kappa shape index (κ2) is 32.3. The van der Waals surface area contributed by atoms with Gasteiger partial charge in [-0.05, 0) is 76.3 Å². The molecular formula is C43H72NO10P. The first-order chi connectivity index (χ1) is 26.5. The van der Waals surface area contributed by atoms with Crippen LogP contribution < -0.4 is 5.73 Å². The Morgan fingerprint density at radius 2 is 1.42 bits per heavy atom. The highest BCUT2D eigenvalue weighted by Crippen LogP contribution is 2.43. The molecule has 0 aromatic carbocycles. The van der Waals surface area contributed by atoms with Crippen LogP contribution in [-0.2, 0) is 45.5 Å². The number of unbranched alkanes of at least 4 members (excludes halogenated alkanes) is 8. The summed E-state index contributed by atoms with van der Waals surface area (Å²) >= 11 is 0. The van der Waals surface area contributed by atoms with E-state index in [1.807, 2.05) is 36.5 Å². The lowest BCUT2D eigenvalue weighted by Crippen LogP contribution is -2.29. The fraction of sp³-hybridized carbons (Fsp3) is 0.674. The molecule has 0 bridgehead atoms. The Kier molecular flexibility index (Phi) is 29.5. The maximum atomic E-state index is 12.6. The van der Waals surface area contributed by atoms with Crippen LogP contribution in [0.4, 0.5) is 0 Å². The number of hydrogen-bond acceptors (Lipinski definition) is 10. The van der Waals surface area contributed by atoms with E-state index in [1.165, 1.54) is 11.1 Å². The minimum absolute atomic E-state index is 0.0289. The first-order valence-corrected chi connectivity index (χ1v) is 22.1. The number of phosphoric ester groups is 1. The van der Waals surface area contributed by atoms with E-state index in [2.05, 4.69) is 39.8 Å². The van der Waals surface area contributed by atoms with Crippen molar-refractivity contribution in [2.24, 2.45) is 5.73 Å². The molecule has 0 saturated carbocycles. The van der Waals surface area contributed by atoms with E-state index in [0.29, 0.717) is 19.3 Å². The molecule has 0 amide bonds. The summed E-state index contributed by atoms with van der Waals surface area (Å²) in [4.78, 5) is 34.9. The molecule has 3 atom stereocenters. The van der Waals surface area contributed by atoms with Crippen molar-refractivity contribution in [3.63, 3.8) is 0 Å². The van der Waals surface area contributed by atoms with E-state index < -0.39 is 32.5 Å². The number of nitrogens with two attached hydrogens (primary N) is 1. The van der Waals surface area contributed by atoms with Crippen molar-refractivity contribution in [3.8, 4) is 0 Å². The lowest BCUT2D eigenvalue weighted by molar-refractivity contribution is -0.161. The van der Waals surface area contributed by atoms with Crippen LogP contribution in [0.1, 0.15) is 146 Å². The third kappa shape index (κ3) is 26.7. The van der Waals surface area contributed by atoms with Crippen LogP contribution in [0.3, 0.4) is 0 Å². The summed E-state index contributed by atoms with van der Waals surface area (Å²) in [5.41, 5.74) is 7.89. The van der Waals surface area contributed by atoms with Crippen molar-refractivity contribution in [1.82, 2.24) is 0 Å². The van der Waals surface area contributed by atoms with Crippen LogP contribution in [0.25, 0.3) is 0 Å². The Bertz CT molecular complexity index is 1330. The molecule has 0 fully saturated rings. The molecule has 12 heteroatoms. The number of ether oxygens (including phenoxy) is 2. The summed E-state index contributed by atoms with van der Waals surface area (Å²) in [5.74, 6) is 1.25. The van der Waals surface area contributed by atoms with E-state index >= 15 is 0 Å². The number of aliphatic hydroxyl groups is 1. The van der Waals surface area contributed by atoms with Gasteiger partial charge in [-0.25, -0.2) is 4.57 Å². The smallest absolute Gasteiger partial charge is 0.466 e. The zero-order valence-corrected chi connectivity index (χ0v) is 35.1. The molecule has 0 radical (unpaired) electrons. The normalized spacial score (nSPS) is 14.4. The third-order valence-corrected chi connectivity index (χ3v) is 9.98. The summed E-state index contributed by atoms with van der Waals surface area (Å²) in [5, 5.41) is 9.89. The molecule has 1 rings (SSSR count). The number of allylic oxidation sites excluding steroid dienone is 7. The first-order valence-electron chi connectivity index (χ1n) is 20.6. The minimum atomic E-state index is -4.42. The highest BCUT2D eigenvalue weighted by atomic mass is 31.2. The van der Waals surface area contributed by atoms with Gasteiger partial charge in [0.25, 0.3) is 0 Å². The van der Waals surface area contributed by atoms with E-state index in [1.54, 1.807) is 0 Å². The molecule has 314 valence electrons. The van der Waals surface area contributed by atoms with Gasteiger partial charge in [-0.3, -0.25) is 18.6 Å². The molecule has 0 aliphatic carbocycles. The van der Waals surface area contributed by atoms with Gasteiger partial charge in [0.2, 0.25) is 0 Å². The lowest BCUT2D eigenvalue weighted by atomic mass is 10.0. The number of phosphoric acid groups is 1. The van der Waals surface area contributed by atoms with E-state index in [0.717, 1.165) is 101 Å². The number of rotatable bonds is 34. The number of carbonyl (C=O) groups is 2. The summed E-state index contributed by atoms with van der Waals surface area (Å²) in [6.07, 6.45) is 30.5. The molecule has 0 aliphatic rings. The predicted molar refractivity (Wildman–Crippen MR) is 220 cm³/mol. The largest absolute Gasteiger partial charge is 0.472 e. The molecule has 1 aromatic heterocycles. The number of esters is 2. The molecule has 1 unspecified atom stereocenters. The number of carbonyl (C=O) groups excluding carboxylic acids is 2. The van der Waals surface area contributed by atoms with Crippen LogP contribution in [0.15, 0.2) is 53.0 Å². The van der Waals surface area contributed by atoms with Crippen LogP contribution in [0, 0.1) is 13.8 Å². The fourth-order valence-electron chi connectivity index (χ4n) is 5.67. The topological polar surface area (TPSA) is 168 Å². The number of hydrogen-bond donors (Lipinski definition) is 3. The Morgan fingerprint density at radius 1 is 0.764 bits per heavy atom. The summed E-state index contributed by atoms with van der Waals surface area (Å²) in [6, 6.07) is 0. The molecule has 4 N–H and O–H groups in total. The maximum absolute atomic E-state index is 12.6. The van der Waals surface area contributed by atoms with Gasteiger partial charge < -0.3 is 29.6 Å². The number of aryl methyl sites for hydroxylation is 2. The maximum Gasteiger partial charge on any atom is 0.472 e. The quantitative estimate of drug-likeness (QED) is 0.0200. The minimum Gasteiger partial charge on any atom is -0.466 e. The van der Waals surface area contributed by atoms with Crippen molar-refractivity contribution in [3.05, 3.63) is 71.3 Å². The Labute approximate surface area is 331 Å². The average Bonchev–Trinajstić information content (AvgIpc) is 3.42. The summed E-state index contributed by atoms with van der Waals surface area (Å²) in [7, 11) is -4.42. The van der Waals surface area contributed by atoms with Crippen LogP contribution in [-0.4, -0.2) is 60.5 Å². The SMILES string of the molecule is CCCCC[C@@H](O)/C=C/C=C\C/C=C\C/C=C\CCCC(=O)OC[C@H](COP(=O)(O)OCCN)OC(=O)CCCCCCCCc1oc(CCC)c(C)c1C. The average molecular weight is 794 g/mol. The van der Waals surface area contributed by atoms with E-state index in [4.69, 9.17) is 28.7 Å². The number of aliphatic hydroxyl groups excluding tert-OH is 1. The van der Waals surface area contributed by atoms with Gasteiger partial charge in [-0.2, -0.15) is 0 Å². The molecule has 1 aromatic rings. The van der Waals surface area contributed by atoms with Gasteiger partial charge in [0, 0.05) is 32.2 Å². The van der Waals surface area contributed by atoms with Gasteiger partial charge in [0.1, 0.15) is 18.1 Å². The Balaban J connectivity index is 2.34. The Morgan fingerprint density at radius 3 is 2.13 bits per heavy atom. The molecule has 0 saturated heterocycles. The van der Waals surface area contributed by atoms with Crippen LogP contribution in [0.5, 0.6) is 0 Å². The highest BCUT2D eigenvalue weighted by Gasteiger charge is 2.26. The van der Waals surface area contributed by atoms with Gasteiger partial charge in [-0.1, -0.05) is 107 Å². The second-order valence-corrected chi connectivity index (χ2v) is 15.4. The molecule has 0 aliphatic heterocycles. The second-order valence-electron chi connectivity index (χ2n) is 13.9. The van der Waals surface area contributed by atoms with Gasteiger partial charge in [0.05, 0.1) is 19.3 Å². The Hall–Kier alpha value is -2.79. The summed E-state index contributed by atoms with van der Waals surface area (Å²) in [6.45, 7) is 7.65. The molecule has 1 heterocycles. The third-order valence-electron chi connectivity index (χ3n) is 8.99. The molecule has 0 spiro atoms. The molecule has 11 nitrogen and oxygen atoms in total. The van der Waals surface area contributed by atoms with E-state index in [9.17, 15) is 24.2 Å². The highest BCUT2D eigenvalue weighted by molar-refractivity contribution is 7.47.